The van der Waals surface area contributed by atoms with E-state index < -0.39 is 0 Å². The number of anilines is 1. The lowest BCUT2D eigenvalue weighted by molar-refractivity contribution is -0.117. The zero-order valence-corrected chi connectivity index (χ0v) is 13.9. The number of carbonyl (C=O) groups excluding carboxylic acids is 1. The Morgan fingerprint density at radius 2 is 1.83 bits per heavy atom. The van der Waals surface area contributed by atoms with E-state index in [2.05, 4.69) is 15.5 Å². The number of hydrogen-bond acceptors (Lipinski definition) is 4. The Bertz CT molecular complexity index is 835. The van der Waals surface area contributed by atoms with Crippen LogP contribution in [0.2, 0.25) is 0 Å². The van der Waals surface area contributed by atoms with Crippen LogP contribution in [0.25, 0.3) is 10.6 Å². The van der Waals surface area contributed by atoms with Crippen molar-refractivity contribution in [2.24, 2.45) is 0 Å². The topological polar surface area (TPSA) is 54.9 Å². The molecule has 0 aliphatic carbocycles. The van der Waals surface area contributed by atoms with E-state index in [4.69, 9.17) is 0 Å². The standard InChI is InChI=1S/C18H16FN3OS/c1-2-13(12-8-4-3-5-9-12)16(23)20-18-22-21-17(24-18)14-10-6-7-11-15(14)19/h3-11,13H,2H2,1H3,(H,20,22,23). The van der Waals surface area contributed by atoms with Crippen molar-refractivity contribution in [3.8, 4) is 10.6 Å². The van der Waals surface area contributed by atoms with Crippen molar-refractivity contribution < 1.29 is 9.18 Å². The fraction of sp³-hybridized carbons (Fsp3) is 0.167. The van der Waals surface area contributed by atoms with E-state index in [0.717, 1.165) is 16.9 Å². The number of nitrogens with zero attached hydrogens (tertiary/aromatic N) is 2. The van der Waals surface area contributed by atoms with E-state index in [0.29, 0.717) is 22.1 Å². The van der Waals surface area contributed by atoms with Crippen LogP contribution < -0.4 is 5.32 Å². The first-order valence-electron chi connectivity index (χ1n) is 7.63. The van der Waals surface area contributed by atoms with Gasteiger partial charge in [-0.05, 0) is 24.1 Å². The van der Waals surface area contributed by atoms with Gasteiger partial charge in [-0.25, -0.2) is 4.39 Å². The van der Waals surface area contributed by atoms with Crippen LogP contribution in [-0.2, 0) is 4.79 Å². The molecule has 1 aromatic heterocycles. The Balaban J connectivity index is 1.77. The minimum absolute atomic E-state index is 0.139. The number of hydrogen-bond donors (Lipinski definition) is 1. The summed E-state index contributed by atoms with van der Waals surface area (Å²) in [6.45, 7) is 1.96. The molecular formula is C18H16FN3OS. The minimum atomic E-state index is -0.359. The molecule has 24 heavy (non-hydrogen) atoms. The Morgan fingerprint density at radius 3 is 2.54 bits per heavy atom. The van der Waals surface area contributed by atoms with Gasteiger partial charge >= 0.3 is 0 Å². The van der Waals surface area contributed by atoms with Crippen molar-refractivity contribution in [2.75, 3.05) is 5.32 Å². The van der Waals surface area contributed by atoms with Gasteiger partial charge in [-0.1, -0.05) is 60.7 Å². The predicted molar refractivity (Wildman–Crippen MR) is 93.4 cm³/mol. The Hall–Kier alpha value is -2.60. The second-order valence-corrected chi connectivity index (χ2v) is 6.23. The third-order valence-corrected chi connectivity index (χ3v) is 4.56. The van der Waals surface area contributed by atoms with E-state index in [1.165, 1.54) is 6.07 Å². The molecule has 1 unspecified atom stereocenters. The molecule has 3 rings (SSSR count). The Labute approximate surface area is 143 Å². The maximum atomic E-state index is 13.8. The van der Waals surface area contributed by atoms with Crippen molar-refractivity contribution in [3.63, 3.8) is 0 Å². The van der Waals surface area contributed by atoms with Gasteiger partial charge in [-0.2, -0.15) is 0 Å². The molecule has 0 radical (unpaired) electrons. The molecule has 1 atom stereocenters. The van der Waals surface area contributed by atoms with Gasteiger partial charge in [0.25, 0.3) is 0 Å². The number of amides is 1. The van der Waals surface area contributed by atoms with Crippen molar-refractivity contribution in [3.05, 3.63) is 66.0 Å². The van der Waals surface area contributed by atoms with Gasteiger partial charge in [-0.3, -0.25) is 10.1 Å². The second kappa shape index (κ2) is 7.31. The molecule has 0 aliphatic heterocycles. The highest BCUT2D eigenvalue weighted by Crippen LogP contribution is 2.29. The Kier molecular flexibility index (Phi) is 4.96. The van der Waals surface area contributed by atoms with Crippen LogP contribution in [0.4, 0.5) is 9.52 Å². The molecule has 2 aromatic carbocycles. The summed E-state index contributed by atoms with van der Waals surface area (Å²) in [7, 11) is 0. The monoisotopic (exact) mass is 341 g/mol. The van der Waals surface area contributed by atoms with Crippen LogP contribution in [0.3, 0.4) is 0 Å². The quantitative estimate of drug-likeness (QED) is 0.744. The second-order valence-electron chi connectivity index (χ2n) is 5.25. The number of carbonyl (C=O) groups is 1. The Morgan fingerprint density at radius 1 is 1.12 bits per heavy atom. The van der Waals surface area contributed by atoms with Gasteiger partial charge in [0.2, 0.25) is 11.0 Å². The average Bonchev–Trinajstić information content (AvgIpc) is 3.05. The molecule has 0 saturated carbocycles. The number of benzene rings is 2. The molecule has 3 aromatic rings. The van der Waals surface area contributed by atoms with E-state index >= 15 is 0 Å². The van der Waals surface area contributed by atoms with Gasteiger partial charge in [0.05, 0.1) is 5.92 Å². The number of nitrogens with one attached hydrogen (secondary N) is 1. The zero-order valence-electron chi connectivity index (χ0n) is 13.1. The largest absolute Gasteiger partial charge is 0.300 e. The average molecular weight is 341 g/mol. The molecule has 122 valence electrons. The summed E-state index contributed by atoms with van der Waals surface area (Å²) in [6, 6.07) is 16.0. The van der Waals surface area contributed by atoms with Crippen LogP contribution in [-0.4, -0.2) is 16.1 Å². The van der Waals surface area contributed by atoms with E-state index in [1.54, 1.807) is 18.2 Å². The first-order valence-corrected chi connectivity index (χ1v) is 8.45. The molecule has 0 fully saturated rings. The van der Waals surface area contributed by atoms with Crippen LogP contribution >= 0.6 is 11.3 Å². The molecule has 0 aliphatic rings. The molecule has 1 amide bonds. The van der Waals surface area contributed by atoms with Crippen molar-refractivity contribution in [1.29, 1.82) is 0 Å². The van der Waals surface area contributed by atoms with Gasteiger partial charge in [-0.15, -0.1) is 10.2 Å². The highest BCUT2D eigenvalue weighted by Gasteiger charge is 2.20. The molecule has 1 heterocycles. The van der Waals surface area contributed by atoms with Gasteiger partial charge < -0.3 is 0 Å². The van der Waals surface area contributed by atoms with Gasteiger partial charge in [0.1, 0.15) is 5.82 Å². The molecule has 1 N–H and O–H groups in total. The number of aromatic nitrogens is 2. The van der Waals surface area contributed by atoms with Crippen molar-refractivity contribution >= 4 is 22.4 Å². The third-order valence-electron chi connectivity index (χ3n) is 3.69. The van der Waals surface area contributed by atoms with Crippen molar-refractivity contribution in [1.82, 2.24) is 10.2 Å². The van der Waals surface area contributed by atoms with Gasteiger partial charge in [0, 0.05) is 5.56 Å². The van der Waals surface area contributed by atoms with Crippen LogP contribution in [0, 0.1) is 5.82 Å². The number of halogens is 1. The SMILES string of the molecule is CCC(C(=O)Nc1nnc(-c2ccccc2F)s1)c1ccccc1. The summed E-state index contributed by atoms with van der Waals surface area (Å²) in [4.78, 5) is 12.5. The van der Waals surface area contributed by atoms with Crippen molar-refractivity contribution in [2.45, 2.75) is 19.3 Å². The fourth-order valence-corrected chi connectivity index (χ4v) is 3.24. The van der Waals surface area contributed by atoms with E-state index in [-0.39, 0.29) is 17.6 Å². The van der Waals surface area contributed by atoms with E-state index in [1.807, 2.05) is 37.3 Å². The van der Waals surface area contributed by atoms with Crippen LogP contribution in [0.5, 0.6) is 0 Å². The first kappa shape index (κ1) is 16.3. The lowest BCUT2D eigenvalue weighted by Gasteiger charge is -2.13. The molecule has 0 spiro atoms. The summed E-state index contributed by atoms with van der Waals surface area (Å²) < 4.78 is 13.8. The van der Waals surface area contributed by atoms with E-state index in [9.17, 15) is 9.18 Å². The highest BCUT2D eigenvalue weighted by molar-refractivity contribution is 7.18. The molecule has 6 heteroatoms. The maximum absolute atomic E-state index is 13.8. The minimum Gasteiger partial charge on any atom is -0.300 e. The zero-order chi connectivity index (χ0) is 16.9. The third kappa shape index (κ3) is 3.49. The molecule has 0 bridgehead atoms. The maximum Gasteiger partial charge on any atom is 0.233 e. The lowest BCUT2D eigenvalue weighted by atomic mass is 9.96. The summed E-state index contributed by atoms with van der Waals surface area (Å²) in [5.74, 6) is -0.755. The summed E-state index contributed by atoms with van der Waals surface area (Å²) in [6.07, 6.45) is 0.675. The smallest absolute Gasteiger partial charge is 0.233 e. The van der Waals surface area contributed by atoms with Crippen LogP contribution in [0.1, 0.15) is 24.8 Å². The molecular weight excluding hydrogens is 325 g/mol. The summed E-state index contributed by atoms with van der Waals surface area (Å²) in [5, 5.41) is 11.5. The molecule has 0 saturated heterocycles. The summed E-state index contributed by atoms with van der Waals surface area (Å²) >= 11 is 1.16. The molecule has 4 nitrogen and oxygen atoms in total. The first-order chi connectivity index (χ1) is 11.7. The number of rotatable bonds is 5. The lowest BCUT2D eigenvalue weighted by Crippen LogP contribution is -2.20. The normalized spacial score (nSPS) is 11.9. The fourth-order valence-electron chi connectivity index (χ4n) is 2.47. The van der Waals surface area contributed by atoms with Gasteiger partial charge in [0.15, 0.2) is 5.01 Å². The van der Waals surface area contributed by atoms with Crippen LogP contribution in [0.15, 0.2) is 54.6 Å². The predicted octanol–water partition coefficient (Wildman–Crippen LogP) is 4.48. The summed E-state index contributed by atoms with van der Waals surface area (Å²) in [5.41, 5.74) is 1.34. The highest BCUT2D eigenvalue weighted by atomic mass is 32.1.